The maximum absolute atomic E-state index is 12.8. The molecule has 0 bridgehead atoms. The van der Waals surface area contributed by atoms with Crippen molar-refractivity contribution in [2.24, 2.45) is 0 Å². The Morgan fingerprint density at radius 2 is 1.69 bits per heavy atom. The van der Waals surface area contributed by atoms with E-state index in [4.69, 9.17) is 9.47 Å². The molecule has 1 unspecified atom stereocenters. The van der Waals surface area contributed by atoms with Gasteiger partial charge in [-0.3, -0.25) is 10.1 Å². The second-order valence-electron chi connectivity index (χ2n) is 8.28. The maximum atomic E-state index is 12.8. The second kappa shape index (κ2) is 8.14. The standard InChI is InChI=1S/C24H24N2O6/c27-21(26-14-24(31-7-8-32-24)12-20(26)23(29)30)13-25-22(28)18-6-5-17-9-15-3-1-2-4-16(15)10-19(17)11-18/h1-6,9-11,20,22,25,28H,7-8,12-14H2,(H,29,30)/t20-,22?/m0/s1. The molecule has 1 spiro atoms. The number of carbonyl (C=O) groups is 2. The topological polar surface area (TPSA) is 108 Å². The van der Waals surface area contributed by atoms with Crippen LogP contribution in [0, 0.1) is 0 Å². The van der Waals surface area contributed by atoms with E-state index in [2.05, 4.69) is 23.5 Å². The Morgan fingerprint density at radius 3 is 2.38 bits per heavy atom. The van der Waals surface area contributed by atoms with Gasteiger partial charge < -0.3 is 24.6 Å². The Hall–Kier alpha value is -3.04. The van der Waals surface area contributed by atoms with Crippen molar-refractivity contribution in [3.05, 3.63) is 60.2 Å². The first kappa shape index (κ1) is 20.8. The zero-order valence-electron chi connectivity index (χ0n) is 17.4. The Kier molecular flexibility index (Phi) is 5.30. The number of aliphatic carboxylic acids is 1. The molecule has 32 heavy (non-hydrogen) atoms. The van der Waals surface area contributed by atoms with Crippen LogP contribution < -0.4 is 5.32 Å². The number of hydrogen-bond acceptors (Lipinski definition) is 6. The third kappa shape index (κ3) is 3.82. The highest BCUT2D eigenvalue weighted by Crippen LogP contribution is 2.35. The number of rotatable bonds is 5. The summed E-state index contributed by atoms with van der Waals surface area (Å²) in [7, 11) is 0. The molecule has 2 aliphatic rings. The summed E-state index contributed by atoms with van der Waals surface area (Å²) in [5.74, 6) is -2.57. The number of aliphatic hydroxyl groups excluding tert-OH is 1. The zero-order valence-corrected chi connectivity index (χ0v) is 17.4. The minimum absolute atomic E-state index is 0.0592. The molecule has 166 valence electrons. The van der Waals surface area contributed by atoms with E-state index < -0.39 is 29.9 Å². The van der Waals surface area contributed by atoms with Crippen molar-refractivity contribution in [2.45, 2.75) is 24.5 Å². The van der Waals surface area contributed by atoms with Crippen LogP contribution >= 0.6 is 0 Å². The number of fused-ring (bicyclic) bond motifs is 2. The summed E-state index contributed by atoms with van der Waals surface area (Å²) in [6.07, 6.45) is -0.983. The van der Waals surface area contributed by atoms with E-state index in [1.165, 1.54) is 4.90 Å². The summed E-state index contributed by atoms with van der Waals surface area (Å²) in [5, 5.41) is 27.2. The number of carboxylic acid groups (broad SMARTS) is 1. The van der Waals surface area contributed by atoms with Gasteiger partial charge in [0.05, 0.1) is 26.3 Å². The monoisotopic (exact) mass is 436 g/mol. The maximum Gasteiger partial charge on any atom is 0.326 e. The van der Waals surface area contributed by atoms with Crippen molar-refractivity contribution in [2.75, 3.05) is 26.3 Å². The fourth-order valence-electron chi connectivity index (χ4n) is 4.56. The lowest BCUT2D eigenvalue weighted by atomic mass is 10.0. The lowest BCUT2D eigenvalue weighted by molar-refractivity contribution is -0.152. The van der Waals surface area contributed by atoms with Crippen LogP contribution in [-0.4, -0.2) is 65.1 Å². The van der Waals surface area contributed by atoms with Crippen molar-refractivity contribution < 1.29 is 29.3 Å². The van der Waals surface area contributed by atoms with Crippen LogP contribution in [0.1, 0.15) is 18.2 Å². The molecule has 0 saturated carbocycles. The van der Waals surface area contributed by atoms with E-state index in [-0.39, 0.29) is 19.5 Å². The molecular formula is C24H24N2O6. The van der Waals surface area contributed by atoms with Crippen LogP contribution in [0.25, 0.3) is 21.5 Å². The predicted molar refractivity (Wildman–Crippen MR) is 117 cm³/mol. The van der Waals surface area contributed by atoms with Gasteiger partial charge in [0, 0.05) is 6.42 Å². The van der Waals surface area contributed by atoms with Crippen LogP contribution in [0.5, 0.6) is 0 Å². The summed E-state index contributed by atoms with van der Waals surface area (Å²) in [6.45, 7) is 0.603. The Balaban J connectivity index is 1.29. The molecule has 2 atom stereocenters. The predicted octanol–water partition coefficient (Wildman–Crippen LogP) is 2.00. The molecule has 3 N–H and O–H groups in total. The number of ether oxygens (including phenoxy) is 2. The van der Waals surface area contributed by atoms with Crippen molar-refractivity contribution >= 4 is 33.4 Å². The van der Waals surface area contributed by atoms with E-state index in [0.29, 0.717) is 18.8 Å². The highest BCUT2D eigenvalue weighted by Gasteiger charge is 2.52. The number of benzene rings is 3. The van der Waals surface area contributed by atoms with Gasteiger partial charge in [0.2, 0.25) is 5.91 Å². The molecular weight excluding hydrogens is 412 g/mol. The quantitative estimate of drug-likeness (QED) is 0.415. The normalized spacial score (nSPS) is 20.9. The number of aliphatic hydroxyl groups is 1. The molecule has 0 aliphatic carbocycles. The fraction of sp³-hybridized carbons (Fsp3) is 0.333. The van der Waals surface area contributed by atoms with Crippen LogP contribution in [0.3, 0.4) is 0 Å². The van der Waals surface area contributed by atoms with Gasteiger partial charge in [-0.05, 0) is 45.3 Å². The second-order valence-corrected chi connectivity index (χ2v) is 8.28. The summed E-state index contributed by atoms with van der Waals surface area (Å²) < 4.78 is 11.2. The van der Waals surface area contributed by atoms with E-state index >= 15 is 0 Å². The Bertz CT molecular complexity index is 1190. The van der Waals surface area contributed by atoms with E-state index in [1.807, 2.05) is 36.4 Å². The van der Waals surface area contributed by atoms with Gasteiger partial charge in [-0.1, -0.05) is 36.4 Å². The summed E-state index contributed by atoms with van der Waals surface area (Å²) in [5.41, 5.74) is 0.621. The number of carboxylic acids is 1. The highest BCUT2D eigenvalue weighted by atomic mass is 16.7. The number of carbonyl (C=O) groups excluding carboxylic acids is 1. The minimum atomic E-state index is -1.10. The number of amides is 1. The minimum Gasteiger partial charge on any atom is -0.480 e. The van der Waals surface area contributed by atoms with E-state index in [1.54, 1.807) is 0 Å². The molecule has 5 rings (SSSR count). The lowest BCUT2D eigenvalue weighted by Gasteiger charge is -2.24. The van der Waals surface area contributed by atoms with E-state index in [0.717, 1.165) is 21.5 Å². The molecule has 0 aromatic heterocycles. The van der Waals surface area contributed by atoms with Gasteiger partial charge in [-0.15, -0.1) is 0 Å². The average Bonchev–Trinajstić information content (AvgIpc) is 3.42. The average molecular weight is 436 g/mol. The number of nitrogens with one attached hydrogen (secondary N) is 1. The molecule has 8 heteroatoms. The first-order valence-corrected chi connectivity index (χ1v) is 10.6. The van der Waals surface area contributed by atoms with Crippen LogP contribution in [0.15, 0.2) is 54.6 Å². The number of hydrogen-bond donors (Lipinski definition) is 3. The van der Waals surface area contributed by atoms with Crippen molar-refractivity contribution in [3.63, 3.8) is 0 Å². The molecule has 3 aromatic carbocycles. The van der Waals surface area contributed by atoms with Crippen LogP contribution in [0.2, 0.25) is 0 Å². The summed E-state index contributed by atoms with van der Waals surface area (Å²) >= 11 is 0. The SMILES string of the molecule is O=C(O)[C@@H]1CC2(CN1C(=O)CNC(O)c1ccc3cc4ccccc4cc3c1)OCCO2. The van der Waals surface area contributed by atoms with Gasteiger partial charge in [0.15, 0.2) is 5.79 Å². The van der Waals surface area contributed by atoms with Crippen molar-refractivity contribution in [1.29, 1.82) is 0 Å². The van der Waals surface area contributed by atoms with Crippen LogP contribution in [-0.2, 0) is 19.1 Å². The molecule has 1 amide bonds. The Labute approximate surface area is 184 Å². The molecule has 0 radical (unpaired) electrons. The number of nitrogens with zero attached hydrogens (tertiary/aromatic N) is 1. The smallest absolute Gasteiger partial charge is 0.326 e. The largest absolute Gasteiger partial charge is 0.480 e. The van der Waals surface area contributed by atoms with Gasteiger partial charge in [0.25, 0.3) is 0 Å². The first-order chi connectivity index (χ1) is 15.4. The van der Waals surface area contributed by atoms with Crippen molar-refractivity contribution in [1.82, 2.24) is 10.2 Å². The highest BCUT2D eigenvalue weighted by molar-refractivity contribution is 5.98. The van der Waals surface area contributed by atoms with Crippen LogP contribution in [0.4, 0.5) is 0 Å². The van der Waals surface area contributed by atoms with Gasteiger partial charge >= 0.3 is 5.97 Å². The first-order valence-electron chi connectivity index (χ1n) is 10.6. The summed E-state index contributed by atoms with van der Waals surface area (Å²) in [4.78, 5) is 25.7. The van der Waals surface area contributed by atoms with Gasteiger partial charge in [0.1, 0.15) is 12.3 Å². The van der Waals surface area contributed by atoms with Gasteiger partial charge in [-0.25, -0.2) is 4.79 Å². The summed E-state index contributed by atoms with van der Waals surface area (Å²) in [6, 6.07) is 16.8. The van der Waals surface area contributed by atoms with Crippen molar-refractivity contribution in [3.8, 4) is 0 Å². The Morgan fingerprint density at radius 1 is 1.03 bits per heavy atom. The molecule has 2 heterocycles. The molecule has 2 aliphatic heterocycles. The molecule has 2 fully saturated rings. The zero-order chi connectivity index (χ0) is 22.3. The molecule has 8 nitrogen and oxygen atoms in total. The van der Waals surface area contributed by atoms with E-state index in [9.17, 15) is 19.8 Å². The van der Waals surface area contributed by atoms with Gasteiger partial charge in [-0.2, -0.15) is 0 Å². The molecule has 3 aromatic rings. The third-order valence-electron chi connectivity index (χ3n) is 6.20. The lowest BCUT2D eigenvalue weighted by Crippen LogP contribution is -2.45. The molecule has 2 saturated heterocycles. The number of likely N-dealkylation sites (tertiary alicyclic amines) is 1. The fourth-order valence-corrected chi connectivity index (χ4v) is 4.56. The third-order valence-corrected chi connectivity index (χ3v) is 6.20.